The van der Waals surface area contributed by atoms with E-state index in [0.717, 1.165) is 5.56 Å². The van der Waals surface area contributed by atoms with E-state index in [4.69, 9.17) is 49.3 Å². The lowest BCUT2D eigenvalue weighted by Gasteiger charge is -2.30. The number of ether oxygens (including phenoxy) is 6. The minimum atomic E-state index is -4.77. The first kappa shape index (κ1) is 50.8. The summed E-state index contributed by atoms with van der Waals surface area (Å²) in [5.41, 5.74) is 0.494. The minimum Gasteiger partial charge on any atom is -0.493 e. The maximum absolute atomic E-state index is 15.0. The molecule has 0 saturated heterocycles. The molecule has 1 unspecified atom stereocenters. The van der Waals surface area contributed by atoms with Gasteiger partial charge in [-0.15, -0.1) is 0 Å². The van der Waals surface area contributed by atoms with Crippen LogP contribution in [-0.2, 0) is 44.1 Å². The normalized spacial score (nSPS) is 12.2. The number of methoxy groups -OCH3 is 1. The maximum atomic E-state index is 15.0. The van der Waals surface area contributed by atoms with Crippen molar-refractivity contribution in [2.75, 3.05) is 44.4 Å². The van der Waals surface area contributed by atoms with Crippen LogP contribution in [0.3, 0.4) is 0 Å². The summed E-state index contributed by atoms with van der Waals surface area (Å²) < 4.78 is 64.9. The second-order valence-corrected chi connectivity index (χ2v) is 16.3. The SMILES string of the molecule is COc1ccccc1Oc1c(OCCOC(=O)CCCCCON(O)O)nc(-c2ncccn2)nc1N(C(C)OC(=O)OCCCCON(O)O)S(=O)(=O)c1ccc(C(C)(C)C)cc1. The molecule has 0 bridgehead atoms. The number of nitrogens with zero attached hydrogens (tertiary/aromatic N) is 7. The zero-order chi connectivity index (χ0) is 46.7. The summed E-state index contributed by atoms with van der Waals surface area (Å²) in [4.78, 5) is 52.1. The molecule has 2 aromatic carbocycles. The van der Waals surface area contributed by atoms with E-state index >= 15 is 8.42 Å². The highest BCUT2D eigenvalue weighted by Gasteiger charge is 2.39. The van der Waals surface area contributed by atoms with Crippen molar-refractivity contribution in [1.82, 2.24) is 30.7 Å². The fourth-order valence-corrected chi connectivity index (χ4v) is 7.08. The topological polar surface area (TPSA) is 284 Å². The third-order valence-corrected chi connectivity index (χ3v) is 10.6. The summed E-state index contributed by atoms with van der Waals surface area (Å²) >= 11 is 0. The number of hydrogen-bond acceptors (Lipinski definition) is 22. The number of aromatic nitrogens is 4. The van der Waals surface area contributed by atoms with Crippen molar-refractivity contribution in [1.29, 1.82) is 0 Å². The molecule has 24 heteroatoms. The van der Waals surface area contributed by atoms with Gasteiger partial charge in [0, 0.05) is 18.8 Å². The molecule has 1 atom stereocenters. The number of carbonyl (C=O) groups excluding carboxylic acids is 2. The zero-order valence-electron chi connectivity index (χ0n) is 35.9. The lowest BCUT2D eigenvalue weighted by atomic mass is 9.87. The molecule has 4 N–H and O–H groups in total. The number of esters is 1. The Kier molecular flexibility index (Phi) is 19.7. The average molecular weight is 920 g/mol. The van der Waals surface area contributed by atoms with Crippen molar-refractivity contribution < 1.29 is 76.9 Å². The van der Waals surface area contributed by atoms with Crippen molar-refractivity contribution >= 4 is 28.0 Å². The first-order chi connectivity index (χ1) is 30.5. The van der Waals surface area contributed by atoms with Crippen molar-refractivity contribution in [3.8, 4) is 34.8 Å². The number of unbranched alkanes of at least 4 members (excludes halogenated alkanes) is 3. The molecule has 0 aliphatic carbocycles. The highest BCUT2D eigenvalue weighted by Crippen LogP contribution is 2.44. The van der Waals surface area contributed by atoms with Crippen LogP contribution in [0.4, 0.5) is 10.6 Å². The number of sulfonamides is 1. The summed E-state index contributed by atoms with van der Waals surface area (Å²) in [6, 6.07) is 14.1. The van der Waals surface area contributed by atoms with Gasteiger partial charge in [-0.05, 0) is 73.9 Å². The molecule has 23 nitrogen and oxygen atoms in total. The molecule has 0 spiro atoms. The lowest BCUT2D eigenvalue weighted by Crippen LogP contribution is -2.42. The second-order valence-electron chi connectivity index (χ2n) is 14.5. The molecule has 2 aromatic heterocycles. The predicted molar refractivity (Wildman–Crippen MR) is 220 cm³/mol. The third kappa shape index (κ3) is 15.8. The van der Waals surface area contributed by atoms with E-state index in [-0.39, 0.29) is 97.0 Å². The molecule has 0 saturated carbocycles. The molecule has 2 heterocycles. The summed E-state index contributed by atoms with van der Waals surface area (Å²) in [7, 11) is -3.38. The van der Waals surface area contributed by atoms with Gasteiger partial charge in [-0.25, -0.2) is 32.5 Å². The first-order valence-corrected chi connectivity index (χ1v) is 21.3. The molecule has 64 heavy (non-hydrogen) atoms. The van der Waals surface area contributed by atoms with Gasteiger partial charge in [0.2, 0.25) is 11.6 Å². The van der Waals surface area contributed by atoms with Gasteiger partial charge in [0.05, 0.1) is 42.6 Å². The third-order valence-electron chi connectivity index (χ3n) is 8.73. The molecule has 4 rings (SSSR count). The van der Waals surface area contributed by atoms with Gasteiger partial charge in [0.15, 0.2) is 29.4 Å². The van der Waals surface area contributed by atoms with Gasteiger partial charge in [-0.3, -0.25) is 35.3 Å². The molecule has 0 amide bonds. The van der Waals surface area contributed by atoms with Crippen molar-refractivity contribution in [3.05, 3.63) is 72.6 Å². The van der Waals surface area contributed by atoms with Crippen LogP contribution < -0.4 is 18.5 Å². The Labute approximate surface area is 369 Å². The Balaban J connectivity index is 1.79. The van der Waals surface area contributed by atoms with E-state index in [1.165, 1.54) is 44.6 Å². The van der Waals surface area contributed by atoms with Crippen molar-refractivity contribution in [2.24, 2.45) is 0 Å². The smallest absolute Gasteiger partial charge is 0.493 e. The first-order valence-electron chi connectivity index (χ1n) is 19.9. The zero-order valence-corrected chi connectivity index (χ0v) is 36.7. The van der Waals surface area contributed by atoms with Crippen LogP contribution in [0, 0.1) is 0 Å². The highest BCUT2D eigenvalue weighted by atomic mass is 32.2. The van der Waals surface area contributed by atoms with Gasteiger partial charge in [0.25, 0.3) is 15.9 Å². The largest absolute Gasteiger partial charge is 0.510 e. The number of anilines is 1. The Morgan fingerprint density at radius 2 is 1.36 bits per heavy atom. The van der Waals surface area contributed by atoms with Gasteiger partial charge >= 0.3 is 12.1 Å². The van der Waals surface area contributed by atoms with E-state index in [9.17, 15) is 9.59 Å². The number of hydrogen-bond donors (Lipinski definition) is 4. The maximum Gasteiger partial charge on any atom is 0.510 e. The van der Waals surface area contributed by atoms with Crippen LogP contribution in [0.15, 0.2) is 71.9 Å². The summed E-state index contributed by atoms with van der Waals surface area (Å²) in [6.45, 7) is 6.27. The fraction of sp³-hybridized carbons (Fsp3) is 0.450. The highest BCUT2D eigenvalue weighted by molar-refractivity contribution is 7.92. The van der Waals surface area contributed by atoms with Gasteiger partial charge in [-0.2, -0.15) is 4.98 Å². The van der Waals surface area contributed by atoms with Crippen LogP contribution in [-0.4, -0.2) is 118 Å². The molecule has 4 aromatic rings. The Morgan fingerprint density at radius 1 is 0.734 bits per heavy atom. The summed E-state index contributed by atoms with van der Waals surface area (Å²) in [6.07, 6.45) is 1.74. The molecular weight excluding hydrogens is 867 g/mol. The van der Waals surface area contributed by atoms with Crippen LogP contribution in [0.1, 0.15) is 71.8 Å². The van der Waals surface area contributed by atoms with E-state index in [0.29, 0.717) is 23.6 Å². The van der Waals surface area contributed by atoms with Crippen LogP contribution in [0.5, 0.6) is 23.1 Å². The predicted octanol–water partition coefficient (Wildman–Crippen LogP) is 6.01. The van der Waals surface area contributed by atoms with Crippen LogP contribution >= 0.6 is 0 Å². The molecular formula is C40H53N7O16S. The quantitative estimate of drug-likeness (QED) is 0.0243. The van der Waals surface area contributed by atoms with Gasteiger partial charge < -0.3 is 28.4 Å². The minimum absolute atomic E-state index is 0.0259. The number of para-hydroxylation sites is 2. The monoisotopic (exact) mass is 919 g/mol. The van der Waals surface area contributed by atoms with Crippen LogP contribution in [0.25, 0.3) is 11.6 Å². The van der Waals surface area contributed by atoms with Crippen molar-refractivity contribution in [3.63, 3.8) is 0 Å². The molecule has 0 radical (unpaired) electrons. The molecule has 0 aliphatic heterocycles. The molecule has 350 valence electrons. The fourth-order valence-electron chi connectivity index (χ4n) is 5.59. The van der Waals surface area contributed by atoms with E-state index in [1.54, 1.807) is 36.4 Å². The van der Waals surface area contributed by atoms with Gasteiger partial charge in [-0.1, -0.05) is 51.5 Å². The number of rotatable bonds is 26. The average Bonchev–Trinajstić information content (AvgIpc) is 3.25. The summed E-state index contributed by atoms with van der Waals surface area (Å²) in [5, 5.41) is 33.9. The van der Waals surface area contributed by atoms with E-state index in [2.05, 4.69) is 29.6 Å². The van der Waals surface area contributed by atoms with Crippen molar-refractivity contribution in [2.45, 2.75) is 82.8 Å². The number of carbonyl (C=O) groups is 2. The Morgan fingerprint density at radius 3 is 1.98 bits per heavy atom. The Hall–Kier alpha value is -5.83. The second kappa shape index (κ2) is 24.9. The molecule has 0 fully saturated rings. The lowest BCUT2D eigenvalue weighted by molar-refractivity contribution is -0.492. The number of benzene rings is 2. The van der Waals surface area contributed by atoms with E-state index < -0.39 is 45.3 Å². The van der Waals surface area contributed by atoms with E-state index in [1.807, 2.05) is 20.8 Å². The summed E-state index contributed by atoms with van der Waals surface area (Å²) in [5.74, 6) is -1.83. The standard InChI is InChI=1S/C40H53N7O16S/c1-28(62-39(49)59-23-11-12-25-61-47(52)53)45(64(54,55)30-19-17-29(18-20-30)40(2,3)4)37-34(63-32-15-9-8-14-31(32)56-5)38(44-36(43-37)35-41-21-13-22-42-35)58-27-26-57-33(48)16-7-6-10-24-60-46(50)51/h8-9,13-15,17-22,28,50-53H,6-7,10-12,16,23-27H2,1-5H3. The van der Waals surface area contributed by atoms with Gasteiger partial charge in [0.1, 0.15) is 13.2 Å². The van der Waals surface area contributed by atoms with Crippen LogP contribution in [0.2, 0.25) is 0 Å². The Bertz CT molecular complexity index is 2180. The molecule has 0 aliphatic rings.